The van der Waals surface area contributed by atoms with Crippen LogP contribution < -0.4 is 10.1 Å². The van der Waals surface area contributed by atoms with Gasteiger partial charge < -0.3 is 15.0 Å². The quantitative estimate of drug-likeness (QED) is 0.522. The van der Waals surface area contributed by atoms with Gasteiger partial charge >= 0.3 is 0 Å². The summed E-state index contributed by atoms with van der Waals surface area (Å²) in [5.41, 5.74) is 1.37. The van der Waals surface area contributed by atoms with Gasteiger partial charge in [-0.25, -0.2) is 8.78 Å². The zero-order valence-electron chi connectivity index (χ0n) is 21.3. The number of likely N-dealkylation sites (tertiary alicyclic amines) is 1. The lowest BCUT2D eigenvalue weighted by Gasteiger charge is -2.34. The average Bonchev–Trinajstić information content (AvgIpc) is 2.93. The van der Waals surface area contributed by atoms with E-state index in [1.807, 2.05) is 24.3 Å². The molecule has 2 heterocycles. The van der Waals surface area contributed by atoms with Crippen molar-refractivity contribution in [1.82, 2.24) is 10.2 Å². The normalized spacial score (nSPS) is 24.6. The number of para-hydroxylation sites is 1. The van der Waals surface area contributed by atoms with Crippen LogP contribution in [0, 0.1) is 29.4 Å². The second-order valence-corrected chi connectivity index (χ2v) is 10.9. The molecule has 1 unspecified atom stereocenters. The predicted molar refractivity (Wildman–Crippen MR) is 137 cm³/mol. The number of piperidine rings is 1. The highest BCUT2D eigenvalue weighted by Crippen LogP contribution is 2.30. The Bertz CT molecular complexity index is 1110. The number of halogens is 2. The van der Waals surface area contributed by atoms with E-state index in [1.165, 1.54) is 6.07 Å². The van der Waals surface area contributed by atoms with Gasteiger partial charge in [0.1, 0.15) is 12.4 Å². The molecule has 1 atom stereocenters. The van der Waals surface area contributed by atoms with Crippen molar-refractivity contribution >= 4 is 11.7 Å². The first-order valence-electron chi connectivity index (χ1n) is 13.7. The van der Waals surface area contributed by atoms with Gasteiger partial charge in [0.15, 0.2) is 17.4 Å². The number of nitrogens with one attached hydrogen (secondary N) is 1. The molecule has 1 amide bonds. The van der Waals surface area contributed by atoms with Crippen molar-refractivity contribution in [2.24, 2.45) is 17.8 Å². The Kier molecular flexibility index (Phi) is 8.18. The largest absolute Gasteiger partial charge is 0.492 e. The molecule has 2 aromatic carbocycles. The molecule has 0 aromatic heterocycles. The summed E-state index contributed by atoms with van der Waals surface area (Å²) in [6, 6.07) is 11.6. The molecule has 2 aliphatic heterocycles. The molecule has 0 radical (unpaired) electrons. The van der Waals surface area contributed by atoms with Crippen LogP contribution in [-0.2, 0) is 11.2 Å². The number of ether oxygens (including phenoxy) is 1. The predicted octanol–water partition coefficient (Wildman–Crippen LogP) is 5.18. The molecule has 2 aromatic rings. The van der Waals surface area contributed by atoms with E-state index in [4.69, 9.17) is 4.74 Å². The van der Waals surface area contributed by atoms with Gasteiger partial charge in [0.2, 0.25) is 5.91 Å². The zero-order chi connectivity index (χ0) is 25.8. The summed E-state index contributed by atoms with van der Waals surface area (Å²) in [4.78, 5) is 27.9. The third-order valence-electron chi connectivity index (χ3n) is 8.46. The van der Waals surface area contributed by atoms with Crippen molar-refractivity contribution in [3.63, 3.8) is 0 Å². The van der Waals surface area contributed by atoms with Gasteiger partial charge in [-0.3, -0.25) is 9.59 Å². The summed E-state index contributed by atoms with van der Waals surface area (Å²) < 4.78 is 32.5. The van der Waals surface area contributed by atoms with Crippen LogP contribution >= 0.6 is 0 Å². The van der Waals surface area contributed by atoms with Gasteiger partial charge in [-0.05, 0) is 107 Å². The van der Waals surface area contributed by atoms with Crippen molar-refractivity contribution in [2.45, 2.75) is 57.4 Å². The molecule has 5 nitrogen and oxygen atoms in total. The highest BCUT2D eigenvalue weighted by molar-refractivity contribution is 5.97. The van der Waals surface area contributed by atoms with Crippen LogP contribution in [0.25, 0.3) is 0 Å². The fourth-order valence-corrected chi connectivity index (χ4v) is 6.08. The highest BCUT2D eigenvalue weighted by atomic mass is 19.2. The maximum Gasteiger partial charge on any atom is 0.227 e. The summed E-state index contributed by atoms with van der Waals surface area (Å²) >= 11 is 0. The SMILES string of the molecule is O=C(NC1CCC(CCN2CCC(C(=O)c3ccc(F)c(F)c3)CC2)CC1)C1COc2ccccc2C1. The number of hydrogen-bond donors (Lipinski definition) is 1. The van der Waals surface area contributed by atoms with Crippen LogP contribution in [0.15, 0.2) is 42.5 Å². The number of benzene rings is 2. The van der Waals surface area contributed by atoms with E-state index in [0.29, 0.717) is 12.5 Å². The Morgan fingerprint density at radius 1 is 0.919 bits per heavy atom. The molecule has 1 saturated heterocycles. The topological polar surface area (TPSA) is 58.6 Å². The number of carbonyl (C=O) groups is 2. The second kappa shape index (κ2) is 11.7. The first-order chi connectivity index (χ1) is 18.0. The molecule has 0 bridgehead atoms. The number of carbonyl (C=O) groups excluding carboxylic acids is 2. The number of rotatable bonds is 7. The molecule has 3 aliphatic rings. The van der Waals surface area contributed by atoms with Gasteiger partial charge in [-0.2, -0.15) is 0 Å². The van der Waals surface area contributed by atoms with Crippen LogP contribution in [0.2, 0.25) is 0 Å². The molecule has 5 rings (SSSR count). The van der Waals surface area contributed by atoms with E-state index in [0.717, 1.165) is 94.4 Å². The first kappa shape index (κ1) is 25.8. The highest BCUT2D eigenvalue weighted by Gasteiger charge is 2.30. The third-order valence-corrected chi connectivity index (χ3v) is 8.46. The van der Waals surface area contributed by atoms with Crippen molar-refractivity contribution in [3.05, 3.63) is 65.2 Å². The number of amides is 1. The fraction of sp³-hybridized carbons (Fsp3) is 0.533. The van der Waals surface area contributed by atoms with Crippen LogP contribution in [0.3, 0.4) is 0 Å². The van der Waals surface area contributed by atoms with E-state index in [9.17, 15) is 18.4 Å². The molecule has 37 heavy (non-hydrogen) atoms. The van der Waals surface area contributed by atoms with Crippen molar-refractivity contribution in [3.8, 4) is 5.75 Å². The van der Waals surface area contributed by atoms with Crippen molar-refractivity contribution in [2.75, 3.05) is 26.2 Å². The summed E-state index contributed by atoms with van der Waals surface area (Å²) in [6.45, 7) is 3.18. The van der Waals surface area contributed by atoms with Crippen molar-refractivity contribution in [1.29, 1.82) is 0 Å². The molecular formula is C30H36F2N2O3. The minimum Gasteiger partial charge on any atom is -0.492 e. The lowest BCUT2D eigenvalue weighted by Crippen LogP contribution is -2.44. The number of ketones is 1. The lowest BCUT2D eigenvalue weighted by atomic mass is 9.83. The Morgan fingerprint density at radius 2 is 1.68 bits per heavy atom. The van der Waals surface area contributed by atoms with Gasteiger partial charge in [0, 0.05) is 17.5 Å². The Hall–Kier alpha value is -2.80. The maximum atomic E-state index is 13.5. The lowest BCUT2D eigenvalue weighted by molar-refractivity contribution is -0.127. The monoisotopic (exact) mass is 510 g/mol. The van der Waals surface area contributed by atoms with Crippen LogP contribution in [0.4, 0.5) is 8.78 Å². The number of nitrogens with zero attached hydrogens (tertiary/aromatic N) is 1. The minimum atomic E-state index is -0.966. The standard InChI is InChI=1S/C30H36F2N2O3/c31-26-10-7-23(18-27(26)32)29(35)21-12-15-34(16-13-21)14-11-20-5-8-25(9-6-20)33-30(36)24-17-22-3-1-2-4-28(22)37-19-24/h1-4,7,10,18,20-21,24-25H,5-6,8-9,11-17,19H2,(H,33,36). The van der Waals surface area contributed by atoms with E-state index in [-0.39, 0.29) is 35.1 Å². The molecule has 1 N–H and O–H groups in total. The number of fused-ring (bicyclic) bond motifs is 1. The van der Waals surface area contributed by atoms with Crippen molar-refractivity contribution < 1.29 is 23.1 Å². The molecule has 1 saturated carbocycles. The molecular weight excluding hydrogens is 474 g/mol. The smallest absolute Gasteiger partial charge is 0.227 e. The summed E-state index contributed by atoms with van der Waals surface area (Å²) in [5, 5.41) is 3.28. The molecule has 1 aliphatic carbocycles. The van der Waals surface area contributed by atoms with E-state index < -0.39 is 11.6 Å². The Morgan fingerprint density at radius 3 is 2.43 bits per heavy atom. The van der Waals surface area contributed by atoms with Crippen LogP contribution in [0.5, 0.6) is 5.75 Å². The molecule has 2 fully saturated rings. The van der Waals surface area contributed by atoms with Gasteiger partial charge in [-0.1, -0.05) is 18.2 Å². The van der Waals surface area contributed by atoms with Gasteiger partial charge in [-0.15, -0.1) is 0 Å². The van der Waals surface area contributed by atoms with E-state index >= 15 is 0 Å². The van der Waals surface area contributed by atoms with E-state index in [2.05, 4.69) is 10.2 Å². The van der Waals surface area contributed by atoms with Gasteiger partial charge in [0.05, 0.1) is 5.92 Å². The third kappa shape index (κ3) is 6.38. The summed E-state index contributed by atoms with van der Waals surface area (Å²) in [6.07, 6.45) is 7.67. The number of Topliss-reactive ketones (excluding diaryl/α,β-unsaturated/α-hetero) is 1. The average molecular weight is 511 g/mol. The fourth-order valence-electron chi connectivity index (χ4n) is 6.08. The van der Waals surface area contributed by atoms with Gasteiger partial charge in [0.25, 0.3) is 0 Å². The second-order valence-electron chi connectivity index (χ2n) is 10.9. The maximum absolute atomic E-state index is 13.5. The molecule has 7 heteroatoms. The Balaban J connectivity index is 0.991. The summed E-state index contributed by atoms with van der Waals surface area (Å²) in [7, 11) is 0. The zero-order valence-corrected chi connectivity index (χ0v) is 21.3. The van der Waals surface area contributed by atoms with Crippen LogP contribution in [0.1, 0.15) is 60.9 Å². The summed E-state index contributed by atoms with van der Waals surface area (Å²) in [5.74, 6) is -0.542. The van der Waals surface area contributed by atoms with E-state index in [1.54, 1.807) is 0 Å². The molecule has 198 valence electrons. The molecule has 0 spiro atoms. The minimum absolute atomic E-state index is 0.0806. The Labute approximate surface area is 217 Å². The van der Waals surface area contributed by atoms with Crippen LogP contribution in [-0.4, -0.2) is 48.9 Å². The first-order valence-corrected chi connectivity index (χ1v) is 13.7. The number of hydrogen-bond acceptors (Lipinski definition) is 4.